The molecule has 1 aliphatic carbocycles. The van der Waals surface area contributed by atoms with E-state index < -0.39 is 6.29 Å². The van der Waals surface area contributed by atoms with Crippen molar-refractivity contribution in [2.24, 2.45) is 23.7 Å². The van der Waals surface area contributed by atoms with E-state index in [0.29, 0.717) is 30.7 Å². The predicted molar refractivity (Wildman–Crippen MR) is 93.7 cm³/mol. The van der Waals surface area contributed by atoms with Crippen molar-refractivity contribution in [3.63, 3.8) is 0 Å². The number of ether oxygens (including phenoxy) is 3. The van der Waals surface area contributed by atoms with E-state index in [-0.39, 0.29) is 12.0 Å². The Balaban J connectivity index is 1.53. The van der Waals surface area contributed by atoms with Gasteiger partial charge in [0.2, 0.25) is 0 Å². The fraction of sp³-hybridized carbons (Fsp3) is 1.00. The molecule has 0 spiro atoms. The molecule has 0 aromatic heterocycles. The highest BCUT2D eigenvalue weighted by Gasteiger charge is 2.40. The van der Waals surface area contributed by atoms with Gasteiger partial charge in [0, 0.05) is 5.92 Å². The standard InChI is InChI=1S/C20H36O4/c1-13-7-9-16-5-4-6-18(19(16)12-22-13)15(3)20(21)23-11-17-10-8-14(2)24-17/h13-21H,4-12H2,1-3H3. The Kier molecular flexibility index (Phi) is 6.58. The van der Waals surface area contributed by atoms with Gasteiger partial charge in [0.25, 0.3) is 0 Å². The van der Waals surface area contributed by atoms with Crippen molar-refractivity contribution in [3.05, 3.63) is 0 Å². The van der Waals surface area contributed by atoms with Crippen LogP contribution in [0.25, 0.3) is 0 Å². The van der Waals surface area contributed by atoms with Crippen LogP contribution in [0.5, 0.6) is 0 Å². The minimum absolute atomic E-state index is 0.156. The molecule has 1 saturated carbocycles. The van der Waals surface area contributed by atoms with E-state index in [9.17, 15) is 5.11 Å². The molecular weight excluding hydrogens is 304 g/mol. The van der Waals surface area contributed by atoms with Gasteiger partial charge < -0.3 is 19.3 Å². The van der Waals surface area contributed by atoms with Gasteiger partial charge in [0.15, 0.2) is 6.29 Å². The molecule has 8 unspecified atom stereocenters. The molecule has 140 valence electrons. The molecule has 8 atom stereocenters. The fourth-order valence-electron chi connectivity index (χ4n) is 5.05. The minimum atomic E-state index is -0.686. The van der Waals surface area contributed by atoms with Crippen LogP contribution in [0.4, 0.5) is 0 Å². The quantitative estimate of drug-likeness (QED) is 0.774. The van der Waals surface area contributed by atoms with Gasteiger partial charge in [-0.25, -0.2) is 0 Å². The number of rotatable bonds is 5. The second-order valence-electron chi connectivity index (χ2n) is 8.47. The average molecular weight is 341 g/mol. The Bertz CT molecular complexity index is 388. The van der Waals surface area contributed by atoms with E-state index in [1.165, 1.54) is 32.1 Å². The first kappa shape index (κ1) is 18.6. The van der Waals surface area contributed by atoms with E-state index in [1.54, 1.807) is 0 Å². The fourth-order valence-corrected chi connectivity index (χ4v) is 5.05. The molecule has 3 fully saturated rings. The van der Waals surface area contributed by atoms with Gasteiger partial charge in [-0.2, -0.15) is 0 Å². The SMILES string of the molecule is CC1CCC2CCCC(C(C)C(O)OCC3CCC(C)O3)C2CO1. The van der Waals surface area contributed by atoms with Crippen LogP contribution in [0, 0.1) is 23.7 Å². The molecule has 0 aromatic carbocycles. The normalized spacial score (nSPS) is 43.0. The van der Waals surface area contributed by atoms with Crippen LogP contribution in [0.3, 0.4) is 0 Å². The average Bonchev–Trinajstić information content (AvgIpc) is 2.90. The van der Waals surface area contributed by atoms with Gasteiger partial charge in [0.1, 0.15) is 0 Å². The lowest BCUT2D eigenvalue weighted by molar-refractivity contribution is -0.172. The molecule has 0 bridgehead atoms. The Morgan fingerprint density at radius 2 is 1.83 bits per heavy atom. The molecule has 4 nitrogen and oxygen atoms in total. The van der Waals surface area contributed by atoms with Gasteiger partial charge in [-0.05, 0) is 63.7 Å². The summed E-state index contributed by atoms with van der Waals surface area (Å²) < 4.78 is 17.6. The van der Waals surface area contributed by atoms with Crippen molar-refractivity contribution in [2.45, 2.75) is 90.3 Å². The Hall–Kier alpha value is -0.160. The molecular formula is C20H36O4. The Morgan fingerprint density at radius 3 is 2.58 bits per heavy atom. The van der Waals surface area contributed by atoms with Gasteiger partial charge in [-0.15, -0.1) is 0 Å². The first-order chi connectivity index (χ1) is 11.5. The maximum atomic E-state index is 10.6. The summed E-state index contributed by atoms with van der Waals surface area (Å²) in [5, 5.41) is 10.6. The van der Waals surface area contributed by atoms with Crippen molar-refractivity contribution in [2.75, 3.05) is 13.2 Å². The number of hydrogen-bond acceptors (Lipinski definition) is 4. The number of aliphatic hydroxyl groups excluding tert-OH is 1. The molecule has 0 amide bonds. The van der Waals surface area contributed by atoms with E-state index in [2.05, 4.69) is 20.8 Å². The topological polar surface area (TPSA) is 47.9 Å². The maximum absolute atomic E-state index is 10.6. The van der Waals surface area contributed by atoms with Crippen LogP contribution in [-0.2, 0) is 14.2 Å². The zero-order valence-corrected chi connectivity index (χ0v) is 15.7. The molecule has 2 heterocycles. The maximum Gasteiger partial charge on any atom is 0.157 e. The number of aliphatic hydroxyl groups is 1. The lowest BCUT2D eigenvalue weighted by Crippen LogP contribution is -2.40. The van der Waals surface area contributed by atoms with Crippen molar-refractivity contribution in [3.8, 4) is 0 Å². The van der Waals surface area contributed by atoms with Crippen LogP contribution < -0.4 is 0 Å². The lowest BCUT2D eigenvalue weighted by atomic mass is 9.66. The third-order valence-electron chi connectivity index (χ3n) is 6.68. The summed E-state index contributed by atoms with van der Waals surface area (Å²) in [5.41, 5.74) is 0. The van der Waals surface area contributed by atoms with Crippen LogP contribution in [0.2, 0.25) is 0 Å². The molecule has 1 N–H and O–H groups in total. The first-order valence-electron chi connectivity index (χ1n) is 10.1. The third kappa shape index (κ3) is 4.51. The van der Waals surface area contributed by atoms with E-state index >= 15 is 0 Å². The molecule has 4 heteroatoms. The number of fused-ring (bicyclic) bond motifs is 1. The third-order valence-corrected chi connectivity index (χ3v) is 6.68. The van der Waals surface area contributed by atoms with Crippen molar-refractivity contribution < 1.29 is 19.3 Å². The van der Waals surface area contributed by atoms with Crippen LogP contribution in [0.1, 0.15) is 65.7 Å². The summed E-state index contributed by atoms with van der Waals surface area (Å²) in [6.45, 7) is 7.83. The molecule has 3 rings (SSSR count). The molecule has 2 aliphatic heterocycles. The van der Waals surface area contributed by atoms with Gasteiger partial charge in [-0.3, -0.25) is 0 Å². The molecule has 3 aliphatic rings. The lowest BCUT2D eigenvalue weighted by Gasteiger charge is -2.41. The minimum Gasteiger partial charge on any atom is -0.378 e. The smallest absolute Gasteiger partial charge is 0.157 e. The summed E-state index contributed by atoms with van der Waals surface area (Å²) >= 11 is 0. The second kappa shape index (κ2) is 8.48. The van der Waals surface area contributed by atoms with E-state index in [4.69, 9.17) is 14.2 Å². The van der Waals surface area contributed by atoms with Gasteiger partial charge >= 0.3 is 0 Å². The Morgan fingerprint density at radius 1 is 1.04 bits per heavy atom. The summed E-state index contributed by atoms with van der Waals surface area (Å²) in [6.07, 6.45) is 8.58. The summed E-state index contributed by atoms with van der Waals surface area (Å²) in [4.78, 5) is 0. The molecule has 0 aromatic rings. The van der Waals surface area contributed by atoms with Gasteiger partial charge in [-0.1, -0.05) is 19.8 Å². The highest BCUT2D eigenvalue weighted by Crippen LogP contribution is 2.44. The monoisotopic (exact) mass is 340 g/mol. The van der Waals surface area contributed by atoms with E-state index in [0.717, 1.165) is 25.4 Å². The first-order valence-corrected chi connectivity index (χ1v) is 10.1. The largest absolute Gasteiger partial charge is 0.378 e. The summed E-state index contributed by atoms with van der Waals surface area (Å²) in [6, 6.07) is 0. The zero-order chi connectivity index (χ0) is 17.1. The molecule has 0 radical (unpaired) electrons. The second-order valence-corrected chi connectivity index (χ2v) is 8.47. The van der Waals surface area contributed by atoms with Crippen molar-refractivity contribution in [1.29, 1.82) is 0 Å². The van der Waals surface area contributed by atoms with Crippen LogP contribution in [-0.4, -0.2) is 42.9 Å². The summed E-state index contributed by atoms with van der Waals surface area (Å²) in [7, 11) is 0. The summed E-state index contributed by atoms with van der Waals surface area (Å²) in [5.74, 6) is 2.02. The van der Waals surface area contributed by atoms with Gasteiger partial charge in [0.05, 0.1) is 31.5 Å². The highest BCUT2D eigenvalue weighted by molar-refractivity contribution is 4.87. The van der Waals surface area contributed by atoms with Crippen LogP contribution in [0.15, 0.2) is 0 Å². The highest BCUT2D eigenvalue weighted by atomic mass is 16.6. The zero-order valence-electron chi connectivity index (χ0n) is 15.7. The van der Waals surface area contributed by atoms with Crippen LogP contribution >= 0.6 is 0 Å². The predicted octanol–water partition coefficient (Wildman–Crippen LogP) is 3.76. The van der Waals surface area contributed by atoms with E-state index in [1.807, 2.05) is 0 Å². The molecule has 24 heavy (non-hydrogen) atoms. The Labute approximate surface area is 147 Å². The molecule has 2 saturated heterocycles. The van der Waals surface area contributed by atoms with Crippen molar-refractivity contribution in [1.82, 2.24) is 0 Å². The van der Waals surface area contributed by atoms with Crippen molar-refractivity contribution >= 4 is 0 Å². The number of hydrogen-bond donors (Lipinski definition) is 1.